The van der Waals surface area contributed by atoms with Gasteiger partial charge in [-0.2, -0.15) is 4.98 Å². The highest BCUT2D eigenvalue weighted by Gasteiger charge is 2.17. The summed E-state index contributed by atoms with van der Waals surface area (Å²) in [5.41, 5.74) is 1.07. The van der Waals surface area contributed by atoms with Gasteiger partial charge in [-0.05, 0) is 38.3 Å². The van der Waals surface area contributed by atoms with E-state index in [9.17, 15) is 4.79 Å². The van der Waals surface area contributed by atoms with Crippen molar-refractivity contribution in [1.82, 2.24) is 19.5 Å². The minimum absolute atomic E-state index is 0.229. The van der Waals surface area contributed by atoms with Crippen LogP contribution >= 0.6 is 12.2 Å². The molecule has 128 valence electrons. The summed E-state index contributed by atoms with van der Waals surface area (Å²) in [7, 11) is 0. The van der Waals surface area contributed by atoms with Gasteiger partial charge in [0.25, 0.3) is 5.56 Å². The molecule has 2 aromatic heterocycles. The fourth-order valence-corrected chi connectivity index (χ4v) is 3.74. The van der Waals surface area contributed by atoms with Crippen LogP contribution in [0.25, 0.3) is 16.7 Å². The van der Waals surface area contributed by atoms with E-state index in [4.69, 9.17) is 12.2 Å². The Morgan fingerprint density at radius 1 is 1.08 bits per heavy atom. The lowest BCUT2D eigenvalue weighted by Crippen LogP contribution is -2.32. The number of nitrogens with one attached hydrogen (secondary N) is 1. The first-order valence-corrected chi connectivity index (χ1v) is 8.90. The van der Waals surface area contributed by atoms with E-state index in [1.54, 1.807) is 0 Å². The predicted octanol–water partition coefficient (Wildman–Crippen LogP) is 3.14. The van der Waals surface area contributed by atoms with Gasteiger partial charge in [0.2, 0.25) is 5.95 Å². The van der Waals surface area contributed by atoms with Gasteiger partial charge >= 0.3 is 0 Å². The van der Waals surface area contributed by atoms with Crippen LogP contribution in [0.15, 0.2) is 35.1 Å². The summed E-state index contributed by atoms with van der Waals surface area (Å²) >= 11 is 5.60. The second-order valence-electron chi connectivity index (χ2n) is 6.27. The Labute approximate surface area is 150 Å². The Kier molecular flexibility index (Phi) is 4.09. The molecule has 1 N–H and O–H groups in total. The van der Waals surface area contributed by atoms with Crippen LogP contribution in [0.3, 0.4) is 0 Å². The molecule has 0 bridgehead atoms. The highest BCUT2D eigenvalue weighted by atomic mass is 32.1. The predicted molar refractivity (Wildman–Crippen MR) is 101 cm³/mol. The number of piperidine rings is 1. The van der Waals surface area contributed by atoms with Crippen molar-refractivity contribution in [1.29, 1.82) is 0 Å². The second kappa shape index (κ2) is 6.40. The Hall–Kier alpha value is -2.54. The van der Waals surface area contributed by atoms with Gasteiger partial charge in [0.1, 0.15) is 15.9 Å². The average molecular weight is 353 g/mol. The zero-order chi connectivity index (χ0) is 17.4. The molecule has 0 spiro atoms. The first-order chi connectivity index (χ1) is 12.1. The van der Waals surface area contributed by atoms with Crippen molar-refractivity contribution >= 4 is 29.2 Å². The summed E-state index contributed by atoms with van der Waals surface area (Å²) in [5.74, 6) is 1.31. The molecule has 0 atom stereocenters. The molecule has 1 aliphatic heterocycles. The van der Waals surface area contributed by atoms with E-state index >= 15 is 0 Å². The number of hydrogen-bond acceptors (Lipinski definition) is 5. The third-order valence-corrected chi connectivity index (χ3v) is 4.95. The van der Waals surface area contributed by atoms with Gasteiger partial charge < -0.3 is 4.90 Å². The van der Waals surface area contributed by atoms with E-state index in [0.717, 1.165) is 31.6 Å². The molecule has 1 aromatic carbocycles. The molecular weight excluding hydrogens is 334 g/mol. The fourth-order valence-electron chi connectivity index (χ4n) is 3.32. The molecule has 0 aliphatic carbocycles. The van der Waals surface area contributed by atoms with Gasteiger partial charge in [0.05, 0.1) is 0 Å². The van der Waals surface area contributed by atoms with Gasteiger partial charge in [-0.25, -0.2) is 4.98 Å². The van der Waals surface area contributed by atoms with Gasteiger partial charge in [-0.15, -0.1) is 0 Å². The third-order valence-electron chi connectivity index (χ3n) is 4.57. The first-order valence-electron chi connectivity index (χ1n) is 8.49. The van der Waals surface area contributed by atoms with E-state index in [-0.39, 0.29) is 5.56 Å². The highest BCUT2D eigenvalue weighted by Crippen LogP contribution is 2.19. The van der Waals surface area contributed by atoms with Gasteiger partial charge in [-0.3, -0.25) is 14.3 Å². The van der Waals surface area contributed by atoms with Crippen LogP contribution in [0.5, 0.6) is 0 Å². The van der Waals surface area contributed by atoms with Crippen molar-refractivity contribution < 1.29 is 0 Å². The molecule has 0 saturated carbocycles. The summed E-state index contributed by atoms with van der Waals surface area (Å²) in [4.78, 5) is 26.9. The molecule has 6 nitrogen and oxygen atoms in total. The molecule has 0 unspecified atom stereocenters. The number of aryl methyl sites for hydroxylation is 1. The Balaban J connectivity index is 1.92. The number of benzene rings is 1. The molecule has 1 fully saturated rings. The summed E-state index contributed by atoms with van der Waals surface area (Å²) < 4.78 is 2.25. The number of H-pyrrole nitrogens is 1. The maximum atomic E-state index is 12.7. The number of aromatic amines is 1. The molecule has 3 heterocycles. The van der Waals surface area contributed by atoms with Crippen LogP contribution in [0.4, 0.5) is 5.95 Å². The highest BCUT2D eigenvalue weighted by molar-refractivity contribution is 7.71. The molecule has 7 heteroatoms. The summed E-state index contributed by atoms with van der Waals surface area (Å²) in [6.45, 7) is 3.70. The number of fused-ring (bicyclic) bond motifs is 1. The topological polar surface area (TPSA) is 66.8 Å². The minimum Gasteiger partial charge on any atom is -0.342 e. The van der Waals surface area contributed by atoms with Crippen molar-refractivity contribution in [2.75, 3.05) is 18.0 Å². The molecule has 0 radical (unpaired) electrons. The van der Waals surface area contributed by atoms with Crippen LogP contribution in [-0.2, 0) is 0 Å². The SMILES string of the molecule is Cc1nc2nc(N3CCCCC3)[nH]c(=O)c2c(=S)n1-c1ccccc1. The lowest BCUT2D eigenvalue weighted by atomic mass is 10.1. The standard InChI is InChI=1S/C18H19N5OS/c1-12-19-15-14(17(25)23(12)13-8-4-2-5-9-13)16(24)21-18(20-15)22-10-6-3-7-11-22/h2,4-5,8-9H,3,6-7,10-11H2,1H3,(H,20,21,24). The summed E-state index contributed by atoms with van der Waals surface area (Å²) in [6, 6.07) is 9.70. The maximum absolute atomic E-state index is 12.7. The van der Waals surface area contributed by atoms with Gasteiger partial charge in [0, 0.05) is 18.8 Å². The normalized spacial score (nSPS) is 14.8. The van der Waals surface area contributed by atoms with E-state index in [1.165, 1.54) is 6.42 Å². The Morgan fingerprint density at radius 3 is 2.52 bits per heavy atom. The molecule has 1 aliphatic rings. The second-order valence-corrected chi connectivity index (χ2v) is 6.66. The Bertz CT molecular complexity index is 1040. The van der Waals surface area contributed by atoms with Crippen LogP contribution in [0.1, 0.15) is 25.1 Å². The van der Waals surface area contributed by atoms with Crippen molar-refractivity contribution in [3.8, 4) is 5.69 Å². The fraction of sp³-hybridized carbons (Fsp3) is 0.333. The number of anilines is 1. The smallest absolute Gasteiger partial charge is 0.264 e. The molecule has 1 saturated heterocycles. The largest absolute Gasteiger partial charge is 0.342 e. The van der Waals surface area contributed by atoms with E-state index in [0.29, 0.717) is 27.4 Å². The molecule has 4 rings (SSSR count). The summed E-state index contributed by atoms with van der Waals surface area (Å²) in [6.07, 6.45) is 3.45. The first kappa shape index (κ1) is 16.0. The van der Waals surface area contributed by atoms with Crippen LogP contribution < -0.4 is 10.5 Å². The van der Waals surface area contributed by atoms with Crippen molar-refractivity contribution in [3.05, 3.63) is 51.2 Å². The van der Waals surface area contributed by atoms with Crippen LogP contribution in [0.2, 0.25) is 0 Å². The molecule has 25 heavy (non-hydrogen) atoms. The number of rotatable bonds is 2. The molecular formula is C18H19N5OS. The van der Waals surface area contributed by atoms with E-state index in [2.05, 4.69) is 19.9 Å². The quantitative estimate of drug-likeness (QED) is 0.717. The van der Waals surface area contributed by atoms with Crippen LogP contribution in [0, 0.1) is 11.6 Å². The zero-order valence-corrected chi connectivity index (χ0v) is 14.8. The number of nitrogens with zero attached hydrogens (tertiary/aromatic N) is 4. The maximum Gasteiger partial charge on any atom is 0.264 e. The van der Waals surface area contributed by atoms with Crippen molar-refractivity contribution in [2.24, 2.45) is 0 Å². The zero-order valence-electron chi connectivity index (χ0n) is 14.0. The molecule has 0 amide bonds. The lowest BCUT2D eigenvalue weighted by molar-refractivity contribution is 0.568. The van der Waals surface area contributed by atoms with Gasteiger partial charge in [0.15, 0.2) is 5.65 Å². The number of para-hydroxylation sites is 1. The monoisotopic (exact) mass is 353 g/mol. The number of aromatic nitrogens is 4. The Morgan fingerprint density at radius 2 is 1.80 bits per heavy atom. The van der Waals surface area contributed by atoms with Crippen molar-refractivity contribution in [2.45, 2.75) is 26.2 Å². The average Bonchev–Trinajstić information content (AvgIpc) is 2.62. The van der Waals surface area contributed by atoms with Gasteiger partial charge in [-0.1, -0.05) is 30.4 Å². The van der Waals surface area contributed by atoms with E-state index in [1.807, 2.05) is 41.8 Å². The third kappa shape index (κ3) is 2.84. The van der Waals surface area contributed by atoms with Crippen LogP contribution in [-0.4, -0.2) is 32.6 Å². The van der Waals surface area contributed by atoms with E-state index < -0.39 is 0 Å². The number of hydrogen-bond donors (Lipinski definition) is 1. The lowest BCUT2D eigenvalue weighted by Gasteiger charge is -2.27. The minimum atomic E-state index is -0.229. The van der Waals surface area contributed by atoms with Crippen molar-refractivity contribution in [3.63, 3.8) is 0 Å². The summed E-state index contributed by atoms with van der Waals surface area (Å²) in [5, 5.41) is 0.366. The molecule has 3 aromatic rings.